The van der Waals surface area contributed by atoms with Gasteiger partial charge in [-0.3, -0.25) is 4.79 Å². The zero-order valence-electron chi connectivity index (χ0n) is 12.2. The topological polar surface area (TPSA) is 92.9 Å². The van der Waals surface area contributed by atoms with Crippen molar-refractivity contribution in [2.75, 3.05) is 10.6 Å². The van der Waals surface area contributed by atoms with Crippen molar-refractivity contribution in [2.24, 2.45) is 5.73 Å². The van der Waals surface area contributed by atoms with Gasteiger partial charge in [-0.05, 0) is 31.0 Å². The quantitative estimate of drug-likeness (QED) is 0.788. The molecule has 0 bridgehead atoms. The van der Waals surface area contributed by atoms with Crippen molar-refractivity contribution in [1.82, 2.24) is 9.97 Å². The van der Waals surface area contributed by atoms with Gasteiger partial charge in [-0.25, -0.2) is 4.98 Å². The Kier molecular flexibility index (Phi) is 4.18. The first-order valence-electron chi connectivity index (χ1n) is 7.39. The van der Waals surface area contributed by atoms with Crippen LogP contribution in [0.5, 0.6) is 0 Å². The number of aromatic nitrogens is 2. The van der Waals surface area contributed by atoms with Crippen molar-refractivity contribution in [3.63, 3.8) is 0 Å². The highest BCUT2D eigenvalue weighted by Gasteiger charge is 2.19. The lowest BCUT2D eigenvalue weighted by Gasteiger charge is -2.15. The molecule has 6 heteroatoms. The molecule has 1 fully saturated rings. The maximum Gasteiger partial charge on any atom is 0.254 e. The minimum Gasteiger partial charge on any atom is -0.367 e. The summed E-state index contributed by atoms with van der Waals surface area (Å²) >= 11 is 0. The number of nitrogens with zero attached hydrogens (tertiary/aromatic N) is 2. The third kappa shape index (κ3) is 3.33. The summed E-state index contributed by atoms with van der Waals surface area (Å²) in [6, 6.07) is 10.6. The maximum atomic E-state index is 11.5. The Labute approximate surface area is 129 Å². The van der Waals surface area contributed by atoms with Gasteiger partial charge in [0, 0.05) is 17.9 Å². The van der Waals surface area contributed by atoms with Crippen LogP contribution in [0, 0.1) is 6.07 Å². The molecule has 1 aliphatic carbocycles. The van der Waals surface area contributed by atoms with Crippen LogP contribution in [0.4, 0.5) is 17.5 Å². The van der Waals surface area contributed by atoms with Gasteiger partial charge in [0.05, 0.1) is 5.56 Å². The number of hydrogen-bond acceptors (Lipinski definition) is 5. The zero-order chi connectivity index (χ0) is 15.4. The van der Waals surface area contributed by atoms with Crippen LogP contribution in [0.3, 0.4) is 0 Å². The lowest BCUT2D eigenvalue weighted by atomic mass is 10.2. The van der Waals surface area contributed by atoms with Gasteiger partial charge in [0.25, 0.3) is 5.91 Å². The van der Waals surface area contributed by atoms with Crippen LogP contribution in [-0.4, -0.2) is 21.9 Å². The first-order valence-corrected chi connectivity index (χ1v) is 7.39. The van der Waals surface area contributed by atoms with E-state index in [-0.39, 0.29) is 0 Å². The summed E-state index contributed by atoms with van der Waals surface area (Å²) in [7, 11) is 0. The molecule has 1 heterocycles. The van der Waals surface area contributed by atoms with E-state index in [1.807, 2.05) is 12.1 Å². The van der Waals surface area contributed by atoms with Gasteiger partial charge in [-0.2, -0.15) is 4.98 Å². The fourth-order valence-corrected chi connectivity index (χ4v) is 2.60. The Morgan fingerprint density at radius 1 is 1.27 bits per heavy atom. The summed E-state index contributed by atoms with van der Waals surface area (Å²) in [5.74, 6) is 0.400. The van der Waals surface area contributed by atoms with Gasteiger partial charge in [0.2, 0.25) is 5.95 Å². The number of amides is 1. The van der Waals surface area contributed by atoms with E-state index in [0.717, 1.165) is 18.5 Å². The summed E-state index contributed by atoms with van der Waals surface area (Å²) in [4.78, 5) is 20.1. The molecule has 1 aliphatic rings. The first kappa shape index (κ1) is 14.3. The number of carbonyl (C=O) groups excluding carboxylic acids is 1. The summed E-state index contributed by atoms with van der Waals surface area (Å²) < 4.78 is 0. The highest BCUT2D eigenvalue weighted by Crippen LogP contribution is 2.24. The Morgan fingerprint density at radius 2 is 2.00 bits per heavy atom. The lowest BCUT2D eigenvalue weighted by molar-refractivity contribution is 0.100. The smallest absolute Gasteiger partial charge is 0.254 e. The molecule has 0 unspecified atom stereocenters. The maximum absolute atomic E-state index is 11.5. The van der Waals surface area contributed by atoms with Crippen LogP contribution >= 0.6 is 0 Å². The van der Waals surface area contributed by atoms with Crippen LogP contribution < -0.4 is 16.4 Å². The molecular weight excluding hydrogens is 278 g/mol. The van der Waals surface area contributed by atoms with Crippen molar-refractivity contribution in [3.8, 4) is 0 Å². The molecule has 1 radical (unpaired) electrons. The molecule has 0 aliphatic heterocycles. The SMILES string of the molecule is NC(=O)c1cnc(Nc2cc[c]cc2)nc1NC1CCCC1. The van der Waals surface area contributed by atoms with Crippen LogP contribution in [0.25, 0.3) is 0 Å². The third-order valence-electron chi connectivity index (χ3n) is 3.72. The molecule has 1 aromatic carbocycles. The minimum atomic E-state index is -0.527. The number of nitrogens with two attached hydrogens (primary N) is 1. The standard InChI is InChI=1S/C16H18N5O/c17-14(22)13-10-18-16(20-12-6-2-1-3-7-12)21-15(13)19-11-8-4-5-9-11/h2-3,6-7,10-11H,4-5,8-9H2,(H2,17,22)(H2,18,19,20,21). The lowest BCUT2D eigenvalue weighted by Crippen LogP contribution is -2.21. The van der Waals surface area contributed by atoms with Crippen molar-refractivity contribution in [2.45, 2.75) is 31.7 Å². The van der Waals surface area contributed by atoms with Gasteiger partial charge < -0.3 is 16.4 Å². The highest BCUT2D eigenvalue weighted by atomic mass is 16.1. The molecule has 1 aromatic heterocycles. The Balaban J connectivity index is 1.84. The van der Waals surface area contributed by atoms with Crippen LogP contribution in [0.15, 0.2) is 30.5 Å². The Bertz CT molecular complexity index is 653. The highest BCUT2D eigenvalue weighted by molar-refractivity contribution is 5.97. The predicted molar refractivity (Wildman–Crippen MR) is 85.0 cm³/mol. The van der Waals surface area contributed by atoms with E-state index in [2.05, 4.69) is 26.7 Å². The van der Waals surface area contributed by atoms with E-state index in [1.165, 1.54) is 19.0 Å². The average Bonchev–Trinajstić information content (AvgIpc) is 3.01. The molecule has 2 aromatic rings. The van der Waals surface area contributed by atoms with E-state index in [4.69, 9.17) is 5.73 Å². The molecule has 113 valence electrons. The fraction of sp³-hybridized carbons (Fsp3) is 0.312. The van der Waals surface area contributed by atoms with E-state index in [1.54, 1.807) is 12.1 Å². The van der Waals surface area contributed by atoms with E-state index < -0.39 is 5.91 Å². The van der Waals surface area contributed by atoms with Crippen LogP contribution in [0.1, 0.15) is 36.0 Å². The molecule has 22 heavy (non-hydrogen) atoms. The number of primary amides is 1. The second-order valence-corrected chi connectivity index (χ2v) is 5.36. The first-order chi connectivity index (χ1) is 10.7. The van der Waals surface area contributed by atoms with Gasteiger partial charge in [-0.1, -0.05) is 25.0 Å². The Hall–Kier alpha value is -2.63. The summed E-state index contributed by atoms with van der Waals surface area (Å²) in [6.45, 7) is 0. The van der Waals surface area contributed by atoms with Crippen molar-refractivity contribution in [1.29, 1.82) is 0 Å². The number of hydrogen-bond donors (Lipinski definition) is 3. The van der Waals surface area contributed by atoms with Crippen LogP contribution in [-0.2, 0) is 0 Å². The molecular formula is C16H18N5O. The predicted octanol–water partition coefficient (Wildman–Crippen LogP) is 2.47. The normalized spacial score (nSPS) is 14.7. The summed E-state index contributed by atoms with van der Waals surface area (Å²) in [6.07, 6.45) is 6.02. The number of nitrogens with one attached hydrogen (secondary N) is 2. The molecule has 6 nitrogen and oxygen atoms in total. The molecule has 0 atom stereocenters. The van der Waals surface area contributed by atoms with Gasteiger partial charge in [-0.15, -0.1) is 0 Å². The zero-order valence-corrected chi connectivity index (χ0v) is 12.2. The Morgan fingerprint density at radius 3 is 2.68 bits per heavy atom. The average molecular weight is 296 g/mol. The molecule has 3 rings (SSSR count). The van der Waals surface area contributed by atoms with E-state index >= 15 is 0 Å². The molecule has 4 N–H and O–H groups in total. The van der Waals surface area contributed by atoms with Crippen molar-refractivity contribution >= 4 is 23.4 Å². The summed E-state index contributed by atoms with van der Waals surface area (Å²) in [5, 5.41) is 6.42. The van der Waals surface area contributed by atoms with Gasteiger partial charge in [0.1, 0.15) is 5.82 Å². The second-order valence-electron chi connectivity index (χ2n) is 5.36. The second kappa shape index (κ2) is 6.43. The van der Waals surface area contributed by atoms with E-state index in [0.29, 0.717) is 23.4 Å². The molecule has 1 amide bonds. The summed E-state index contributed by atoms with van der Waals surface area (Å²) in [5.41, 5.74) is 6.59. The number of rotatable bonds is 5. The number of carbonyl (C=O) groups is 1. The minimum absolute atomic E-state index is 0.318. The molecule has 0 spiro atoms. The monoisotopic (exact) mass is 296 g/mol. The third-order valence-corrected chi connectivity index (χ3v) is 3.72. The van der Waals surface area contributed by atoms with Crippen molar-refractivity contribution in [3.05, 3.63) is 42.1 Å². The van der Waals surface area contributed by atoms with E-state index in [9.17, 15) is 4.79 Å². The number of anilines is 3. The van der Waals surface area contributed by atoms with Gasteiger partial charge in [0.15, 0.2) is 0 Å². The fourth-order valence-electron chi connectivity index (χ4n) is 2.60. The van der Waals surface area contributed by atoms with Gasteiger partial charge >= 0.3 is 0 Å². The largest absolute Gasteiger partial charge is 0.367 e. The van der Waals surface area contributed by atoms with Crippen LogP contribution in [0.2, 0.25) is 0 Å². The molecule has 1 saturated carbocycles. The molecule has 0 saturated heterocycles. The van der Waals surface area contributed by atoms with Crippen molar-refractivity contribution < 1.29 is 4.79 Å². The number of benzene rings is 1.